The summed E-state index contributed by atoms with van der Waals surface area (Å²) in [5, 5.41) is 0. The van der Waals surface area contributed by atoms with E-state index in [2.05, 4.69) is 32.9 Å². The van der Waals surface area contributed by atoms with Crippen LogP contribution in [0.25, 0.3) is 0 Å². The minimum Gasteiger partial charge on any atom is -0.497 e. The molecule has 0 atom stereocenters. The largest absolute Gasteiger partial charge is 0.497 e. The molecule has 12 nitrogen and oxygen atoms in total. The van der Waals surface area contributed by atoms with Gasteiger partial charge in [-0.1, -0.05) is 17.2 Å². The smallest absolute Gasteiger partial charge is 0.344 e. The molecule has 0 radical (unpaired) electrons. The van der Waals surface area contributed by atoms with Crippen LogP contribution >= 0.6 is 0 Å². The first-order valence-corrected chi connectivity index (χ1v) is 17.9. The first-order chi connectivity index (χ1) is 27.1. The number of pyridine rings is 2. The first-order valence-electron chi connectivity index (χ1n) is 17.9. The van der Waals surface area contributed by atoms with Crippen LogP contribution in [-0.4, -0.2) is 58.4 Å². The summed E-state index contributed by atoms with van der Waals surface area (Å²) in [6.45, 7) is 7.77. The molecule has 0 aliphatic heterocycles. The molecule has 0 N–H and O–H groups in total. The zero-order valence-electron chi connectivity index (χ0n) is 33.1. The Labute approximate surface area is 330 Å². The lowest BCUT2D eigenvalue weighted by molar-refractivity contribution is -0.671. The molecule has 3 rings (SSSR count). The van der Waals surface area contributed by atoms with Crippen LogP contribution in [0.15, 0.2) is 140 Å². The molecule has 0 aliphatic rings. The molecule has 1 aromatic carbocycles. The second kappa shape index (κ2) is 28.1. The number of nitrogens with zero attached hydrogens (tertiary/aromatic N) is 2. The van der Waals surface area contributed by atoms with E-state index in [-0.39, 0.29) is 19.2 Å². The highest BCUT2D eigenvalue weighted by Gasteiger charge is 2.10. The molecule has 2 aromatic heterocycles. The Morgan fingerprint density at radius 2 is 1.20 bits per heavy atom. The van der Waals surface area contributed by atoms with Gasteiger partial charge >= 0.3 is 11.9 Å². The summed E-state index contributed by atoms with van der Waals surface area (Å²) in [5.41, 5.74) is 4.18. The van der Waals surface area contributed by atoms with E-state index in [1.807, 2.05) is 37.1 Å². The number of ether oxygens (including phenoxy) is 7. The maximum absolute atomic E-state index is 11.8. The van der Waals surface area contributed by atoms with E-state index in [4.69, 9.17) is 33.2 Å². The monoisotopic (exact) mass is 770 g/mol. The van der Waals surface area contributed by atoms with Gasteiger partial charge in [0, 0.05) is 17.7 Å². The van der Waals surface area contributed by atoms with Gasteiger partial charge in [0.25, 0.3) is 0 Å². The normalized spacial score (nSPS) is 11.2. The van der Waals surface area contributed by atoms with Crippen molar-refractivity contribution >= 4 is 18.2 Å². The number of methoxy groups -OCH3 is 1. The molecule has 0 fully saturated rings. The summed E-state index contributed by atoms with van der Waals surface area (Å²) in [4.78, 5) is 34.4. The lowest BCUT2D eigenvalue weighted by Crippen LogP contribution is -2.28. The Balaban J connectivity index is 0.000000404. The van der Waals surface area contributed by atoms with Crippen molar-refractivity contribution in [3.63, 3.8) is 0 Å². The number of aromatic nitrogens is 2. The average molecular weight is 771 g/mol. The van der Waals surface area contributed by atoms with Crippen molar-refractivity contribution in [2.45, 2.75) is 33.6 Å². The summed E-state index contributed by atoms with van der Waals surface area (Å²) in [6.07, 6.45) is 26.9. The molecule has 3 aromatic rings. The Hall–Kier alpha value is -6.43. The molecule has 0 amide bonds. The van der Waals surface area contributed by atoms with E-state index in [0.717, 1.165) is 19.1 Å². The third-order valence-corrected chi connectivity index (χ3v) is 7.17. The molecule has 0 saturated carbocycles. The van der Waals surface area contributed by atoms with Crippen molar-refractivity contribution < 1.29 is 56.7 Å². The van der Waals surface area contributed by atoms with E-state index in [0.29, 0.717) is 48.0 Å². The number of aldehydes is 1. The van der Waals surface area contributed by atoms with Gasteiger partial charge in [0.15, 0.2) is 36.3 Å². The number of hydrogen-bond acceptors (Lipinski definition) is 10. The summed E-state index contributed by atoms with van der Waals surface area (Å²) in [7, 11) is 5.20. The molecule has 0 spiro atoms. The third kappa shape index (κ3) is 20.7. The number of carbonyl (C=O) groups is 3. The molecule has 298 valence electrons. The summed E-state index contributed by atoms with van der Waals surface area (Å²) >= 11 is 0. The van der Waals surface area contributed by atoms with Crippen molar-refractivity contribution in [3.8, 4) is 11.5 Å². The lowest BCUT2D eigenvalue weighted by Gasteiger charge is -2.07. The van der Waals surface area contributed by atoms with Crippen molar-refractivity contribution in [2.24, 2.45) is 14.1 Å². The Kier molecular flexibility index (Phi) is 22.9. The van der Waals surface area contributed by atoms with Crippen LogP contribution in [0.4, 0.5) is 0 Å². The predicted molar refractivity (Wildman–Crippen MR) is 212 cm³/mol. The van der Waals surface area contributed by atoms with Gasteiger partial charge in [0.05, 0.1) is 32.2 Å². The maximum Gasteiger partial charge on any atom is 0.344 e. The van der Waals surface area contributed by atoms with Gasteiger partial charge in [-0.25, -0.2) is 18.7 Å². The van der Waals surface area contributed by atoms with E-state index in [1.54, 1.807) is 83.9 Å². The molecular weight excluding hydrogens is 716 g/mol. The fourth-order valence-electron chi connectivity index (χ4n) is 4.33. The second-order valence-electron chi connectivity index (χ2n) is 12.2. The highest BCUT2D eigenvalue weighted by molar-refractivity contribution is 5.89. The fourth-order valence-corrected chi connectivity index (χ4v) is 4.33. The SMILES string of the molecule is CC(C)=CCC/C(C)=C/CO/C=C/COC(=O)c1ccc[n+](C)c1.COc1cc(C=O)ccc1O/C=C/CO/C=C/CO/C=C/COC(=O)c1ccc[n+](C)c1. The van der Waals surface area contributed by atoms with Gasteiger partial charge in [-0.3, -0.25) is 4.79 Å². The van der Waals surface area contributed by atoms with Crippen molar-refractivity contribution in [1.29, 1.82) is 0 Å². The van der Waals surface area contributed by atoms with Crippen LogP contribution in [0.5, 0.6) is 11.5 Å². The average Bonchev–Trinajstić information content (AvgIpc) is 3.19. The molecule has 0 bridgehead atoms. The molecular formula is C44H54N2O10+2. The fraction of sp³-hybridized carbons (Fsp3) is 0.295. The number of esters is 2. The molecule has 12 heteroatoms. The zero-order chi connectivity index (χ0) is 40.8. The Morgan fingerprint density at radius 3 is 1.71 bits per heavy atom. The number of benzene rings is 1. The molecule has 0 unspecified atom stereocenters. The Bertz CT molecular complexity index is 1840. The van der Waals surface area contributed by atoms with Gasteiger partial charge in [0.2, 0.25) is 0 Å². The van der Waals surface area contributed by atoms with Gasteiger partial charge in [-0.15, -0.1) is 0 Å². The number of hydrogen-bond donors (Lipinski definition) is 0. The van der Waals surface area contributed by atoms with Crippen LogP contribution in [0.3, 0.4) is 0 Å². The van der Waals surface area contributed by atoms with Crippen LogP contribution in [0.1, 0.15) is 64.7 Å². The minimum atomic E-state index is -0.396. The van der Waals surface area contributed by atoms with Gasteiger partial charge in [0.1, 0.15) is 64.5 Å². The van der Waals surface area contributed by atoms with Crippen molar-refractivity contribution in [1.82, 2.24) is 0 Å². The highest BCUT2D eigenvalue weighted by Crippen LogP contribution is 2.27. The van der Waals surface area contributed by atoms with Crippen LogP contribution in [-0.2, 0) is 37.8 Å². The van der Waals surface area contributed by atoms with Gasteiger partial charge < -0.3 is 33.2 Å². The number of aryl methyl sites for hydroxylation is 2. The lowest BCUT2D eigenvalue weighted by atomic mass is 10.1. The van der Waals surface area contributed by atoms with Gasteiger partial charge in [-0.2, -0.15) is 0 Å². The topological polar surface area (TPSA) is 124 Å². The van der Waals surface area contributed by atoms with Crippen LogP contribution in [0, 0.1) is 0 Å². The minimum absolute atomic E-state index is 0.116. The maximum atomic E-state index is 11.8. The van der Waals surface area contributed by atoms with E-state index in [9.17, 15) is 14.4 Å². The number of carbonyl (C=O) groups excluding carboxylic acids is 3. The molecule has 56 heavy (non-hydrogen) atoms. The second-order valence-corrected chi connectivity index (χ2v) is 12.2. The van der Waals surface area contributed by atoms with Crippen LogP contribution < -0.4 is 18.6 Å². The van der Waals surface area contributed by atoms with E-state index in [1.165, 1.54) is 37.0 Å². The molecule has 0 aliphatic carbocycles. The summed E-state index contributed by atoms with van der Waals surface area (Å²) in [6, 6.07) is 11.9. The van der Waals surface area contributed by atoms with E-state index >= 15 is 0 Å². The quantitative estimate of drug-likeness (QED) is 0.0263. The van der Waals surface area contributed by atoms with Crippen molar-refractivity contribution in [2.75, 3.05) is 40.1 Å². The Morgan fingerprint density at radius 1 is 0.661 bits per heavy atom. The van der Waals surface area contributed by atoms with Crippen molar-refractivity contribution in [3.05, 3.63) is 157 Å². The third-order valence-electron chi connectivity index (χ3n) is 7.17. The summed E-state index contributed by atoms with van der Waals surface area (Å²) in [5.74, 6) is 0.223. The summed E-state index contributed by atoms with van der Waals surface area (Å²) < 4.78 is 40.4. The zero-order valence-corrected chi connectivity index (χ0v) is 33.1. The predicted octanol–water partition coefficient (Wildman–Crippen LogP) is 7.03. The number of allylic oxidation sites excluding steroid dienone is 3. The van der Waals surface area contributed by atoms with Crippen LogP contribution in [0.2, 0.25) is 0 Å². The first kappa shape index (κ1) is 45.7. The number of rotatable bonds is 22. The van der Waals surface area contributed by atoms with E-state index < -0.39 is 5.97 Å². The van der Waals surface area contributed by atoms with Gasteiger partial charge in [-0.05, 0) is 94.3 Å². The molecule has 0 saturated heterocycles. The highest BCUT2D eigenvalue weighted by atomic mass is 16.5. The standard InChI is InChI=1S/C24H26NO7.C20H28NO3/c1-25-10-3-7-21(18-25)24(27)32-16-6-14-30-12-4-11-29-13-5-15-31-22-9-8-20(19-26)17-23(22)28-2;1-17(2)8-5-9-18(3)11-15-23-13-7-14-24-20(22)19-10-6-12-21(4)16-19/h3-11,14-15,17-19H,12-13,16H2,1-2H3;6-8,10-13,16H,5,9,14-15H2,1-4H3/q2*+1/b11-4+,14-6+,15-5+;13-7+,18-11+. The molecule has 2 heterocycles.